The van der Waals surface area contributed by atoms with Crippen molar-refractivity contribution < 1.29 is 19.1 Å². The van der Waals surface area contributed by atoms with Gasteiger partial charge in [-0.3, -0.25) is 4.90 Å². The van der Waals surface area contributed by atoms with Gasteiger partial charge in [0.15, 0.2) is 0 Å². The Balaban J connectivity index is 1.98. The molecule has 3 rings (SSSR count). The molecular formula is C21H29N3O4. The van der Waals surface area contributed by atoms with Crippen LogP contribution in [0.3, 0.4) is 0 Å². The number of methoxy groups -OCH3 is 1. The highest BCUT2D eigenvalue weighted by Crippen LogP contribution is 2.34. The summed E-state index contributed by atoms with van der Waals surface area (Å²) in [5.74, 6) is 0.896. The molecular weight excluding hydrogens is 358 g/mol. The lowest BCUT2D eigenvalue weighted by Gasteiger charge is -2.35. The predicted octanol–water partition coefficient (Wildman–Crippen LogP) is 2.60. The van der Waals surface area contributed by atoms with E-state index in [4.69, 9.17) is 9.47 Å². The highest BCUT2D eigenvalue weighted by atomic mass is 16.5. The summed E-state index contributed by atoms with van der Waals surface area (Å²) in [4.78, 5) is 27.4. The smallest absolute Gasteiger partial charge is 0.338 e. The molecule has 0 radical (unpaired) electrons. The van der Waals surface area contributed by atoms with Gasteiger partial charge in [-0.2, -0.15) is 0 Å². The molecule has 2 N–H and O–H groups in total. The molecule has 0 saturated carbocycles. The molecule has 28 heavy (non-hydrogen) atoms. The second kappa shape index (κ2) is 9.10. The molecule has 0 aromatic heterocycles. The van der Waals surface area contributed by atoms with Gasteiger partial charge in [0.2, 0.25) is 0 Å². The SMILES string of the molecule is CCOc1ccccc1[C@@H]1NC(=O)NC(CN2CCC(C)CC2)=C1C(=O)OC. The molecule has 0 spiro atoms. The number of likely N-dealkylation sites (tertiary alicyclic amines) is 1. The van der Waals surface area contributed by atoms with Crippen LogP contribution in [0.2, 0.25) is 0 Å². The lowest BCUT2D eigenvalue weighted by Crippen LogP contribution is -2.49. The molecule has 1 aromatic rings. The lowest BCUT2D eigenvalue weighted by atomic mass is 9.93. The molecule has 2 aliphatic rings. The first-order chi connectivity index (χ1) is 13.5. The average Bonchev–Trinajstić information content (AvgIpc) is 2.69. The molecule has 1 fully saturated rings. The Morgan fingerprint density at radius 1 is 1.25 bits per heavy atom. The first-order valence-corrected chi connectivity index (χ1v) is 9.86. The van der Waals surface area contributed by atoms with Gasteiger partial charge in [0.1, 0.15) is 5.75 Å². The number of hydrogen-bond acceptors (Lipinski definition) is 5. The third kappa shape index (κ3) is 4.47. The average molecular weight is 387 g/mol. The maximum atomic E-state index is 12.7. The number of carbonyl (C=O) groups is 2. The van der Waals surface area contributed by atoms with Crippen molar-refractivity contribution in [1.82, 2.24) is 15.5 Å². The van der Waals surface area contributed by atoms with E-state index in [1.807, 2.05) is 31.2 Å². The van der Waals surface area contributed by atoms with Crippen LogP contribution < -0.4 is 15.4 Å². The van der Waals surface area contributed by atoms with Crippen LogP contribution in [0, 0.1) is 5.92 Å². The van der Waals surface area contributed by atoms with Gasteiger partial charge < -0.3 is 20.1 Å². The number of piperidine rings is 1. The number of nitrogens with one attached hydrogen (secondary N) is 2. The minimum atomic E-state index is -0.623. The van der Waals surface area contributed by atoms with Crippen molar-refractivity contribution in [3.63, 3.8) is 0 Å². The van der Waals surface area contributed by atoms with Crippen molar-refractivity contribution in [1.29, 1.82) is 0 Å². The van der Waals surface area contributed by atoms with Gasteiger partial charge in [-0.05, 0) is 44.8 Å². The van der Waals surface area contributed by atoms with Crippen LogP contribution in [0.15, 0.2) is 35.5 Å². The highest BCUT2D eigenvalue weighted by Gasteiger charge is 2.35. The largest absolute Gasteiger partial charge is 0.494 e. The summed E-state index contributed by atoms with van der Waals surface area (Å²) in [6.07, 6.45) is 2.23. The molecule has 1 aromatic carbocycles. The molecule has 0 bridgehead atoms. The molecule has 1 atom stereocenters. The number of urea groups is 1. The lowest BCUT2D eigenvalue weighted by molar-refractivity contribution is -0.136. The topological polar surface area (TPSA) is 79.9 Å². The van der Waals surface area contributed by atoms with Crippen LogP contribution in [-0.4, -0.2) is 50.3 Å². The third-order valence-corrected chi connectivity index (χ3v) is 5.35. The first-order valence-electron chi connectivity index (χ1n) is 9.86. The molecule has 152 valence electrons. The van der Waals surface area contributed by atoms with Gasteiger partial charge in [0.05, 0.1) is 25.3 Å². The Labute approximate surface area is 166 Å². The fourth-order valence-electron chi connectivity index (χ4n) is 3.78. The normalized spacial score (nSPS) is 21.1. The Bertz CT molecular complexity index is 754. The Hall–Kier alpha value is -2.54. The van der Waals surface area contributed by atoms with Crippen LogP contribution in [0.4, 0.5) is 4.79 Å². The maximum absolute atomic E-state index is 12.7. The quantitative estimate of drug-likeness (QED) is 0.734. The van der Waals surface area contributed by atoms with E-state index in [0.717, 1.165) is 31.5 Å². The number of esters is 1. The fourth-order valence-corrected chi connectivity index (χ4v) is 3.78. The summed E-state index contributed by atoms with van der Waals surface area (Å²) < 4.78 is 10.8. The van der Waals surface area contributed by atoms with Crippen molar-refractivity contribution in [2.75, 3.05) is 33.4 Å². The van der Waals surface area contributed by atoms with Crippen molar-refractivity contribution in [3.05, 3.63) is 41.1 Å². The molecule has 0 unspecified atom stereocenters. The van der Waals surface area contributed by atoms with Gasteiger partial charge in [0.25, 0.3) is 0 Å². The Morgan fingerprint density at radius 2 is 1.96 bits per heavy atom. The van der Waals surface area contributed by atoms with Gasteiger partial charge in [-0.1, -0.05) is 25.1 Å². The molecule has 7 nitrogen and oxygen atoms in total. The maximum Gasteiger partial charge on any atom is 0.338 e. The summed E-state index contributed by atoms with van der Waals surface area (Å²) in [6.45, 7) is 7.05. The summed E-state index contributed by atoms with van der Waals surface area (Å²) in [5.41, 5.74) is 1.76. The molecule has 1 saturated heterocycles. The number of benzene rings is 1. The van der Waals surface area contributed by atoms with E-state index < -0.39 is 12.0 Å². The standard InChI is InChI=1S/C21H29N3O4/c1-4-28-17-8-6-5-7-15(17)19-18(20(25)27-3)16(22-21(26)23-19)13-24-11-9-14(2)10-12-24/h5-8,14,19H,4,9-13H2,1-3H3,(H2,22,23,26)/t19-/m0/s1. The fraction of sp³-hybridized carbons (Fsp3) is 0.524. The zero-order chi connectivity index (χ0) is 20.1. The summed E-state index contributed by atoms with van der Waals surface area (Å²) in [5, 5.41) is 5.70. The van der Waals surface area contributed by atoms with E-state index in [9.17, 15) is 9.59 Å². The van der Waals surface area contributed by atoms with Crippen LogP contribution in [0.25, 0.3) is 0 Å². The third-order valence-electron chi connectivity index (χ3n) is 5.35. The number of hydrogen-bond donors (Lipinski definition) is 2. The van der Waals surface area contributed by atoms with Crippen LogP contribution in [-0.2, 0) is 9.53 Å². The van der Waals surface area contributed by atoms with Crippen molar-refractivity contribution in [3.8, 4) is 5.75 Å². The van der Waals surface area contributed by atoms with Crippen molar-refractivity contribution in [2.45, 2.75) is 32.7 Å². The number of para-hydroxylation sites is 1. The van der Waals surface area contributed by atoms with Crippen LogP contribution in [0.5, 0.6) is 5.75 Å². The highest BCUT2D eigenvalue weighted by molar-refractivity contribution is 5.95. The van der Waals surface area contributed by atoms with Crippen molar-refractivity contribution >= 4 is 12.0 Å². The first kappa shape index (κ1) is 20.2. The number of nitrogens with zero attached hydrogens (tertiary/aromatic N) is 1. The van der Waals surface area contributed by atoms with Gasteiger partial charge >= 0.3 is 12.0 Å². The summed E-state index contributed by atoms with van der Waals surface area (Å²) in [7, 11) is 1.36. The zero-order valence-corrected chi connectivity index (χ0v) is 16.8. The van der Waals surface area contributed by atoms with E-state index in [1.54, 1.807) is 0 Å². The zero-order valence-electron chi connectivity index (χ0n) is 16.8. The minimum absolute atomic E-state index is 0.329. The Kier molecular flexibility index (Phi) is 6.57. The molecule has 2 aliphatic heterocycles. The van der Waals surface area contributed by atoms with Crippen LogP contribution in [0.1, 0.15) is 38.3 Å². The van der Waals surface area contributed by atoms with Gasteiger partial charge in [0, 0.05) is 17.8 Å². The summed E-state index contributed by atoms with van der Waals surface area (Å²) in [6, 6.07) is 6.49. The molecule has 7 heteroatoms. The molecule has 0 aliphatic carbocycles. The second-order valence-electron chi connectivity index (χ2n) is 7.34. The predicted molar refractivity (Wildman–Crippen MR) is 106 cm³/mol. The number of carbonyl (C=O) groups excluding carboxylic acids is 2. The van der Waals surface area contributed by atoms with Gasteiger partial charge in [-0.15, -0.1) is 0 Å². The van der Waals surface area contributed by atoms with E-state index >= 15 is 0 Å². The molecule has 2 amide bonds. The number of rotatable bonds is 6. The van der Waals surface area contributed by atoms with E-state index in [1.165, 1.54) is 7.11 Å². The van der Waals surface area contributed by atoms with E-state index in [-0.39, 0.29) is 6.03 Å². The second-order valence-corrected chi connectivity index (χ2v) is 7.34. The van der Waals surface area contributed by atoms with Crippen molar-refractivity contribution in [2.24, 2.45) is 5.92 Å². The van der Waals surface area contributed by atoms with Gasteiger partial charge in [-0.25, -0.2) is 9.59 Å². The van der Waals surface area contributed by atoms with E-state index in [0.29, 0.717) is 36.1 Å². The van der Waals surface area contributed by atoms with Crippen LogP contribution >= 0.6 is 0 Å². The summed E-state index contributed by atoms with van der Waals surface area (Å²) >= 11 is 0. The van der Waals surface area contributed by atoms with E-state index in [2.05, 4.69) is 22.5 Å². The number of amides is 2. The minimum Gasteiger partial charge on any atom is -0.494 e. The Morgan fingerprint density at radius 3 is 2.64 bits per heavy atom. The monoisotopic (exact) mass is 387 g/mol. The molecule has 2 heterocycles. The number of ether oxygens (including phenoxy) is 2.